The van der Waals surface area contributed by atoms with Crippen LogP contribution in [0, 0.1) is 0 Å². The van der Waals surface area contributed by atoms with E-state index in [1.807, 2.05) is 30.3 Å². The average molecular weight is 295 g/mol. The molecule has 3 heterocycles. The lowest BCUT2D eigenvalue weighted by Gasteiger charge is -2.28. The molecule has 8 nitrogen and oxygen atoms in total. The summed E-state index contributed by atoms with van der Waals surface area (Å²) in [6.45, 7) is 0.250. The summed E-state index contributed by atoms with van der Waals surface area (Å²) in [5.74, 6) is 1.08. The van der Waals surface area contributed by atoms with Crippen molar-refractivity contribution in [2.24, 2.45) is 10.1 Å². The fourth-order valence-electron chi connectivity index (χ4n) is 2.40. The molecule has 2 aliphatic heterocycles. The summed E-state index contributed by atoms with van der Waals surface area (Å²) in [5, 5.41) is 5.47. The highest BCUT2D eigenvalue weighted by molar-refractivity contribution is 6.49. The predicted molar refractivity (Wildman–Crippen MR) is 81.0 cm³/mol. The highest BCUT2D eigenvalue weighted by Crippen LogP contribution is 2.19. The molecule has 110 valence electrons. The first-order valence-corrected chi connectivity index (χ1v) is 6.78. The van der Waals surface area contributed by atoms with Gasteiger partial charge in [-0.15, -0.1) is 5.10 Å². The molecule has 1 aromatic carbocycles. The number of nitrogens with zero attached hydrogens (tertiary/aromatic N) is 5. The van der Waals surface area contributed by atoms with Crippen LogP contribution in [0.3, 0.4) is 0 Å². The number of nitrogens with one attached hydrogen (secondary N) is 2. The Balaban J connectivity index is 1.67. The Labute approximate surface area is 126 Å². The monoisotopic (exact) mass is 295 g/mol. The molecule has 0 unspecified atom stereocenters. The van der Waals surface area contributed by atoms with Crippen LogP contribution in [0.5, 0.6) is 0 Å². The minimum absolute atomic E-state index is 0.196. The number of hydrazone groups is 1. The summed E-state index contributed by atoms with van der Waals surface area (Å²) in [5.41, 5.74) is 5.16. The highest BCUT2D eigenvalue weighted by atomic mass is 16.2. The average Bonchev–Trinajstić information content (AvgIpc) is 3.18. The Kier molecular flexibility index (Phi) is 2.68. The first kappa shape index (κ1) is 12.6. The Morgan fingerprint density at radius 2 is 2.05 bits per heavy atom. The van der Waals surface area contributed by atoms with Gasteiger partial charge in [-0.25, -0.2) is 20.3 Å². The number of carbonyl (C=O) groups is 1. The van der Waals surface area contributed by atoms with Crippen LogP contribution in [0.2, 0.25) is 0 Å². The lowest BCUT2D eigenvalue weighted by Crippen LogP contribution is -2.53. The van der Waals surface area contributed by atoms with Crippen LogP contribution >= 0.6 is 0 Å². The molecule has 0 bridgehead atoms. The number of aromatic amines is 1. The Morgan fingerprint density at radius 1 is 1.23 bits per heavy atom. The van der Waals surface area contributed by atoms with Gasteiger partial charge in [0.2, 0.25) is 0 Å². The molecule has 1 aromatic heterocycles. The number of imidazole rings is 1. The number of amides is 2. The van der Waals surface area contributed by atoms with Gasteiger partial charge in [0.25, 0.3) is 0 Å². The SMILES string of the molecule is CN1NN=C2C(c3ncc(-c4ccccc4)[nH]3)=NCN2C1=O. The molecule has 2 amide bonds. The number of rotatable bonds is 2. The summed E-state index contributed by atoms with van der Waals surface area (Å²) in [7, 11) is 1.61. The van der Waals surface area contributed by atoms with Crippen molar-refractivity contribution in [2.75, 3.05) is 13.7 Å². The molecule has 0 aliphatic carbocycles. The Bertz CT molecular complexity index is 793. The van der Waals surface area contributed by atoms with Crippen LogP contribution in [-0.4, -0.2) is 51.2 Å². The maximum absolute atomic E-state index is 12.0. The van der Waals surface area contributed by atoms with Crippen molar-refractivity contribution in [2.45, 2.75) is 0 Å². The van der Waals surface area contributed by atoms with Crippen LogP contribution in [-0.2, 0) is 0 Å². The van der Waals surface area contributed by atoms with Crippen molar-refractivity contribution in [1.82, 2.24) is 25.4 Å². The van der Waals surface area contributed by atoms with Crippen LogP contribution < -0.4 is 5.53 Å². The van der Waals surface area contributed by atoms with E-state index in [1.54, 1.807) is 13.2 Å². The maximum atomic E-state index is 12.0. The van der Waals surface area contributed by atoms with Crippen molar-refractivity contribution < 1.29 is 4.79 Å². The lowest BCUT2D eigenvalue weighted by molar-refractivity contribution is 0.159. The third kappa shape index (κ3) is 1.85. The molecule has 0 radical (unpaired) electrons. The number of aliphatic imine (C=N–C) groups is 1. The van der Waals surface area contributed by atoms with E-state index in [4.69, 9.17) is 0 Å². The standard InChI is InChI=1S/C14H13N7O/c1-20-14(22)21-8-16-11(13(21)18-19-20)12-15-7-10(17-12)9-5-3-2-4-6-9/h2-7,19H,8H2,1H3,(H,15,17). The van der Waals surface area contributed by atoms with E-state index in [1.165, 1.54) is 9.91 Å². The number of hydrogen-bond donors (Lipinski definition) is 2. The van der Waals surface area contributed by atoms with Crippen molar-refractivity contribution in [3.63, 3.8) is 0 Å². The summed E-state index contributed by atoms with van der Waals surface area (Å²) in [6.07, 6.45) is 1.75. The first-order chi connectivity index (χ1) is 10.7. The summed E-state index contributed by atoms with van der Waals surface area (Å²) in [6, 6.07) is 9.70. The number of urea groups is 1. The van der Waals surface area contributed by atoms with E-state index in [0.717, 1.165) is 11.3 Å². The molecule has 0 saturated heterocycles. The van der Waals surface area contributed by atoms with Crippen LogP contribution in [0.15, 0.2) is 46.6 Å². The van der Waals surface area contributed by atoms with Crippen molar-refractivity contribution in [3.05, 3.63) is 42.4 Å². The second-order valence-corrected chi connectivity index (χ2v) is 4.96. The maximum Gasteiger partial charge on any atom is 0.346 e. The van der Waals surface area contributed by atoms with Gasteiger partial charge < -0.3 is 4.98 Å². The smallest absolute Gasteiger partial charge is 0.337 e. The van der Waals surface area contributed by atoms with Gasteiger partial charge in [0, 0.05) is 7.05 Å². The van der Waals surface area contributed by atoms with E-state index >= 15 is 0 Å². The number of benzene rings is 1. The van der Waals surface area contributed by atoms with Crippen molar-refractivity contribution >= 4 is 17.6 Å². The van der Waals surface area contributed by atoms with E-state index < -0.39 is 0 Å². The zero-order valence-electron chi connectivity index (χ0n) is 11.8. The molecule has 0 fully saturated rings. The highest BCUT2D eigenvalue weighted by Gasteiger charge is 2.36. The third-order valence-corrected chi connectivity index (χ3v) is 3.55. The van der Waals surface area contributed by atoms with E-state index in [-0.39, 0.29) is 12.7 Å². The number of hydrazine groups is 1. The molecule has 2 N–H and O–H groups in total. The first-order valence-electron chi connectivity index (χ1n) is 6.78. The number of carbonyl (C=O) groups excluding carboxylic acids is 1. The van der Waals surface area contributed by atoms with Crippen molar-refractivity contribution in [1.29, 1.82) is 0 Å². The number of H-pyrrole nitrogens is 1. The van der Waals surface area contributed by atoms with Gasteiger partial charge in [0.15, 0.2) is 11.7 Å². The molecule has 0 atom stereocenters. The van der Waals surface area contributed by atoms with Gasteiger partial charge in [0.1, 0.15) is 12.4 Å². The predicted octanol–water partition coefficient (Wildman–Crippen LogP) is 1.02. The summed E-state index contributed by atoms with van der Waals surface area (Å²) >= 11 is 0. The molecule has 2 aromatic rings. The molecule has 0 spiro atoms. The van der Waals surface area contributed by atoms with E-state index in [2.05, 4.69) is 25.6 Å². The molecular weight excluding hydrogens is 282 g/mol. The number of amidine groups is 1. The fraction of sp³-hybridized carbons (Fsp3) is 0.143. The minimum atomic E-state index is -0.196. The van der Waals surface area contributed by atoms with Gasteiger partial charge in [-0.2, -0.15) is 0 Å². The van der Waals surface area contributed by atoms with Crippen LogP contribution in [0.1, 0.15) is 5.82 Å². The summed E-state index contributed by atoms with van der Waals surface area (Å²) < 4.78 is 0. The van der Waals surface area contributed by atoms with Gasteiger partial charge in [-0.05, 0) is 5.56 Å². The Morgan fingerprint density at radius 3 is 2.86 bits per heavy atom. The number of hydrogen-bond acceptors (Lipinski definition) is 5. The normalized spacial score (nSPS) is 17.0. The molecule has 8 heteroatoms. The molecule has 4 rings (SSSR count). The van der Waals surface area contributed by atoms with Gasteiger partial charge in [-0.3, -0.25) is 9.89 Å². The quantitative estimate of drug-likeness (QED) is 0.867. The zero-order valence-corrected chi connectivity index (χ0v) is 11.8. The molecular formula is C14H13N7O. The topological polar surface area (TPSA) is 89.0 Å². The van der Waals surface area contributed by atoms with E-state index in [0.29, 0.717) is 17.4 Å². The molecule has 22 heavy (non-hydrogen) atoms. The Hall–Kier alpha value is -3.16. The number of aromatic nitrogens is 2. The van der Waals surface area contributed by atoms with Crippen molar-refractivity contribution in [3.8, 4) is 11.3 Å². The van der Waals surface area contributed by atoms with E-state index in [9.17, 15) is 4.79 Å². The van der Waals surface area contributed by atoms with Gasteiger partial charge in [-0.1, -0.05) is 30.3 Å². The molecule has 2 aliphatic rings. The number of fused-ring (bicyclic) bond motifs is 1. The second-order valence-electron chi connectivity index (χ2n) is 4.96. The second kappa shape index (κ2) is 4.69. The fourth-order valence-corrected chi connectivity index (χ4v) is 2.40. The zero-order chi connectivity index (χ0) is 15.1. The molecule has 0 saturated carbocycles. The third-order valence-electron chi connectivity index (χ3n) is 3.55. The van der Waals surface area contributed by atoms with Gasteiger partial charge in [0.05, 0.1) is 11.9 Å². The largest absolute Gasteiger partial charge is 0.346 e. The van der Waals surface area contributed by atoms with Gasteiger partial charge >= 0.3 is 6.03 Å². The van der Waals surface area contributed by atoms with Crippen LogP contribution in [0.25, 0.3) is 11.3 Å². The lowest BCUT2D eigenvalue weighted by atomic mass is 10.2. The van der Waals surface area contributed by atoms with Crippen LogP contribution in [0.4, 0.5) is 4.79 Å². The summed E-state index contributed by atoms with van der Waals surface area (Å²) in [4.78, 5) is 25.5. The minimum Gasteiger partial charge on any atom is -0.337 e.